The highest BCUT2D eigenvalue weighted by atomic mass is 28.3. The van der Waals surface area contributed by atoms with Gasteiger partial charge in [0.25, 0.3) is 0 Å². The van der Waals surface area contributed by atoms with Crippen LogP contribution < -0.4 is 0 Å². The summed E-state index contributed by atoms with van der Waals surface area (Å²) < 4.78 is 7.56. The molecule has 0 aliphatic heterocycles. The number of imidazole rings is 1. The third-order valence-corrected chi connectivity index (χ3v) is 4.50. The van der Waals surface area contributed by atoms with Crippen molar-refractivity contribution < 1.29 is 9.53 Å². The van der Waals surface area contributed by atoms with Crippen LogP contribution in [0.25, 0.3) is 0 Å². The molecule has 18 heavy (non-hydrogen) atoms. The summed E-state index contributed by atoms with van der Waals surface area (Å²) in [5.74, 6) is 0.464. The van der Waals surface area contributed by atoms with Crippen LogP contribution in [-0.4, -0.2) is 30.5 Å². The van der Waals surface area contributed by atoms with Gasteiger partial charge in [0.1, 0.15) is 6.73 Å². The SMILES string of the molecule is CCCc1cnc(C=O)n1COCC[Si](C)(C)C. The third kappa shape index (κ3) is 4.74. The fraction of sp³-hybridized carbons (Fsp3) is 0.692. The second-order valence-electron chi connectivity index (χ2n) is 5.75. The van der Waals surface area contributed by atoms with Gasteiger partial charge in [-0.3, -0.25) is 4.79 Å². The summed E-state index contributed by atoms with van der Waals surface area (Å²) in [4.78, 5) is 15.0. The van der Waals surface area contributed by atoms with Crippen LogP contribution in [0.5, 0.6) is 0 Å². The predicted molar refractivity (Wildman–Crippen MR) is 75.7 cm³/mol. The van der Waals surface area contributed by atoms with Gasteiger partial charge in [-0.05, 0) is 12.5 Å². The molecule has 1 rings (SSSR count). The summed E-state index contributed by atoms with van der Waals surface area (Å²) >= 11 is 0. The summed E-state index contributed by atoms with van der Waals surface area (Å²) in [6, 6.07) is 1.14. The molecule has 1 aromatic heterocycles. The van der Waals surface area contributed by atoms with E-state index in [0.717, 1.165) is 37.5 Å². The summed E-state index contributed by atoms with van der Waals surface area (Å²) in [5.41, 5.74) is 1.08. The molecule has 5 heteroatoms. The molecule has 0 unspecified atom stereocenters. The van der Waals surface area contributed by atoms with Gasteiger partial charge >= 0.3 is 0 Å². The number of ether oxygens (including phenoxy) is 1. The Morgan fingerprint density at radius 2 is 2.17 bits per heavy atom. The molecule has 102 valence electrons. The first kappa shape index (κ1) is 15.1. The van der Waals surface area contributed by atoms with Gasteiger partial charge in [-0.25, -0.2) is 4.98 Å². The Kier molecular flexibility index (Phi) is 5.75. The van der Waals surface area contributed by atoms with E-state index in [1.807, 2.05) is 4.57 Å². The molecule has 4 nitrogen and oxygen atoms in total. The standard InChI is InChI=1S/C13H24N2O2Si/c1-5-6-12-9-14-13(10-16)15(12)11-17-7-8-18(2,3)4/h9-10H,5-8,11H2,1-4H3. The number of nitrogens with zero attached hydrogens (tertiary/aromatic N) is 2. The van der Waals surface area contributed by atoms with Crippen LogP contribution in [-0.2, 0) is 17.9 Å². The first-order valence-corrected chi connectivity index (χ1v) is 10.3. The number of aromatic nitrogens is 2. The van der Waals surface area contributed by atoms with E-state index in [9.17, 15) is 4.79 Å². The topological polar surface area (TPSA) is 44.1 Å². The number of rotatable bonds is 8. The van der Waals surface area contributed by atoms with Crippen molar-refractivity contribution >= 4 is 14.4 Å². The molecule has 0 atom stereocenters. The van der Waals surface area contributed by atoms with Gasteiger partial charge in [0.15, 0.2) is 12.1 Å². The number of carbonyl (C=O) groups excluding carboxylic acids is 1. The third-order valence-electron chi connectivity index (χ3n) is 2.80. The normalized spacial score (nSPS) is 11.8. The Morgan fingerprint density at radius 3 is 2.72 bits per heavy atom. The van der Waals surface area contributed by atoms with Gasteiger partial charge in [-0.2, -0.15) is 0 Å². The first-order valence-electron chi connectivity index (χ1n) is 6.55. The fourth-order valence-corrected chi connectivity index (χ4v) is 2.42. The maximum absolute atomic E-state index is 10.9. The van der Waals surface area contributed by atoms with Crippen LogP contribution in [0.1, 0.15) is 29.7 Å². The smallest absolute Gasteiger partial charge is 0.185 e. The zero-order valence-corrected chi connectivity index (χ0v) is 12.9. The molecule has 0 fully saturated rings. The second kappa shape index (κ2) is 6.85. The average molecular weight is 268 g/mol. The Bertz CT molecular complexity index is 383. The van der Waals surface area contributed by atoms with Crippen LogP contribution in [0.2, 0.25) is 25.7 Å². The van der Waals surface area contributed by atoms with E-state index in [2.05, 4.69) is 31.5 Å². The molecule has 0 spiro atoms. The summed E-state index contributed by atoms with van der Waals surface area (Å²) in [6.45, 7) is 10.3. The molecule has 0 bridgehead atoms. The fourth-order valence-electron chi connectivity index (χ4n) is 1.66. The minimum atomic E-state index is -1.05. The molecular weight excluding hydrogens is 244 g/mol. The highest BCUT2D eigenvalue weighted by Crippen LogP contribution is 2.10. The quantitative estimate of drug-likeness (QED) is 0.413. The minimum Gasteiger partial charge on any atom is -0.361 e. The van der Waals surface area contributed by atoms with E-state index < -0.39 is 8.07 Å². The van der Waals surface area contributed by atoms with Gasteiger partial charge < -0.3 is 9.30 Å². The van der Waals surface area contributed by atoms with E-state index in [1.54, 1.807) is 6.20 Å². The van der Waals surface area contributed by atoms with Crippen molar-refractivity contribution in [2.75, 3.05) is 6.61 Å². The molecule has 0 saturated heterocycles. The largest absolute Gasteiger partial charge is 0.361 e. The number of aldehydes is 1. The summed E-state index contributed by atoms with van der Waals surface area (Å²) in [5, 5.41) is 0. The Labute approximate surface area is 110 Å². The lowest BCUT2D eigenvalue weighted by Crippen LogP contribution is -2.22. The summed E-state index contributed by atoms with van der Waals surface area (Å²) in [7, 11) is -1.05. The van der Waals surface area contributed by atoms with Gasteiger partial charge in [0.2, 0.25) is 0 Å². The maximum atomic E-state index is 10.9. The van der Waals surface area contributed by atoms with Gasteiger partial charge in [-0.15, -0.1) is 0 Å². The van der Waals surface area contributed by atoms with Crippen molar-refractivity contribution in [3.63, 3.8) is 0 Å². The molecule has 0 saturated carbocycles. The first-order chi connectivity index (χ1) is 8.48. The number of aryl methyl sites for hydroxylation is 1. The Balaban J connectivity index is 2.54. The Hall–Kier alpha value is -0.943. The molecule has 0 aromatic carbocycles. The van der Waals surface area contributed by atoms with E-state index in [1.165, 1.54) is 0 Å². The highest BCUT2D eigenvalue weighted by molar-refractivity contribution is 6.76. The van der Waals surface area contributed by atoms with Crippen molar-refractivity contribution in [2.24, 2.45) is 0 Å². The molecular formula is C13H24N2O2Si. The molecule has 0 aliphatic rings. The van der Waals surface area contributed by atoms with Crippen molar-refractivity contribution in [2.45, 2.75) is 52.2 Å². The van der Waals surface area contributed by atoms with Crippen molar-refractivity contribution in [3.8, 4) is 0 Å². The number of hydrogen-bond donors (Lipinski definition) is 0. The van der Waals surface area contributed by atoms with Crippen LogP contribution in [0.4, 0.5) is 0 Å². The Morgan fingerprint density at radius 1 is 1.44 bits per heavy atom. The maximum Gasteiger partial charge on any atom is 0.185 e. The van der Waals surface area contributed by atoms with Crippen LogP contribution >= 0.6 is 0 Å². The second-order valence-corrected chi connectivity index (χ2v) is 11.4. The zero-order chi connectivity index (χ0) is 13.6. The molecule has 0 aliphatic carbocycles. The van der Waals surface area contributed by atoms with E-state index in [4.69, 9.17) is 4.74 Å². The monoisotopic (exact) mass is 268 g/mol. The van der Waals surface area contributed by atoms with Crippen LogP contribution in [0.15, 0.2) is 6.20 Å². The minimum absolute atomic E-state index is 0.438. The van der Waals surface area contributed by atoms with Gasteiger partial charge in [0, 0.05) is 26.6 Å². The lowest BCUT2D eigenvalue weighted by molar-refractivity contribution is 0.0814. The lowest BCUT2D eigenvalue weighted by atomic mass is 10.3. The highest BCUT2D eigenvalue weighted by Gasteiger charge is 2.13. The van der Waals surface area contributed by atoms with E-state index in [0.29, 0.717) is 12.6 Å². The zero-order valence-electron chi connectivity index (χ0n) is 11.9. The molecule has 1 aromatic rings. The van der Waals surface area contributed by atoms with Crippen molar-refractivity contribution in [3.05, 3.63) is 17.7 Å². The van der Waals surface area contributed by atoms with Crippen LogP contribution in [0.3, 0.4) is 0 Å². The van der Waals surface area contributed by atoms with Crippen molar-refractivity contribution in [1.29, 1.82) is 0 Å². The van der Waals surface area contributed by atoms with Gasteiger partial charge in [0.05, 0.1) is 0 Å². The summed E-state index contributed by atoms with van der Waals surface area (Å²) in [6.07, 6.45) is 4.53. The molecule has 0 N–H and O–H groups in total. The number of hydrogen-bond acceptors (Lipinski definition) is 3. The van der Waals surface area contributed by atoms with E-state index in [-0.39, 0.29) is 0 Å². The number of carbonyl (C=O) groups is 1. The molecule has 0 radical (unpaired) electrons. The van der Waals surface area contributed by atoms with E-state index >= 15 is 0 Å². The predicted octanol–water partition coefficient (Wildman–Crippen LogP) is 2.96. The average Bonchev–Trinajstić information content (AvgIpc) is 2.66. The molecule has 0 amide bonds. The van der Waals surface area contributed by atoms with Crippen molar-refractivity contribution in [1.82, 2.24) is 9.55 Å². The van der Waals surface area contributed by atoms with Gasteiger partial charge in [-0.1, -0.05) is 33.0 Å². The van der Waals surface area contributed by atoms with Crippen LogP contribution in [0, 0.1) is 0 Å². The molecule has 1 heterocycles. The lowest BCUT2D eigenvalue weighted by Gasteiger charge is -2.16.